The van der Waals surface area contributed by atoms with Gasteiger partial charge in [0.15, 0.2) is 0 Å². The number of carbonyl (C=O) groups is 1. The Bertz CT molecular complexity index is 890. The molecular weight excluding hydrogens is 348 g/mol. The summed E-state index contributed by atoms with van der Waals surface area (Å²) in [5, 5.41) is 5.97. The van der Waals surface area contributed by atoms with Crippen molar-refractivity contribution in [3.63, 3.8) is 0 Å². The third kappa shape index (κ3) is 5.33. The summed E-state index contributed by atoms with van der Waals surface area (Å²) in [6, 6.07) is 21.3. The van der Waals surface area contributed by atoms with Crippen molar-refractivity contribution in [2.24, 2.45) is 0 Å². The van der Waals surface area contributed by atoms with Crippen LogP contribution >= 0.6 is 0 Å². The molecule has 0 fully saturated rings. The van der Waals surface area contributed by atoms with Gasteiger partial charge in [-0.1, -0.05) is 35.9 Å². The lowest BCUT2D eigenvalue weighted by atomic mass is 10.0. The minimum Gasteiger partial charge on any atom is -0.378 e. The Morgan fingerprint density at radius 2 is 1.71 bits per heavy atom. The van der Waals surface area contributed by atoms with Crippen molar-refractivity contribution in [3.8, 4) is 0 Å². The molecule has 0 saturated heterocycles. The van der Waals surface area contributed by atoms with Crippen molar-refractivity contribution < 1.29 is 4.79 Å². The number of carbonyl (C=O) groups excluding carboxylic acids is 1. The van der Waals surface area contributed by atoms with Gasteiger partial charge in [0, 0.05) is 31.7 Å². The van der Waals surface area contributed by atoms with Crippen molar-refractivity contribution in [1.29, 1.82) is 0 Å². The quantitative estimate of drug-likeness (QED) is 0.665. The predicted octanol–water partition coefficient (Wildman–Crippen LogP) is 4.56. The smallest absolute Gasteiger partial charge is 0.319 e. The van der Waals surface area contributed by atoms with Gasteiger partial charge < -0.3 is 15.5 Å². The highest BCUT2D eigenvalue weighted by Crippen LogP contribution is 2.19. The van der Waals surface area contributed by atoms with Crippen LogP contribution in [-0.2, 0) is 6.42 Å². The molecule has 2 N–H and O–H groups in total. The normalized spacial score (nSPS) is 11.5. The molecule has 0 spiro atoms. The summed E-state index contributed by atoms with van der Waals surface area (Å²) in [5.74, 6) is 0. The van der Waals surface area contributed by atoms with Crippen LogP contribution in [0, 0.1) is 6.92 Å². The number of amides is 2. The van der Waals surface area contributed by atoms with E-state index in [-0.39, 0.29) is 12.1 Å². The highest BCUT2D eigenvalue weighted by molar-refractivity contribution is 5.89. The first-order valence-corrected chi connectivity index (χ1v) is 9.32. The Kier molecular flexibility index (Phi) is 6.27. The molecule has 3 aromatic rings. The monoisotopic (exact) mass is 374 g/mol. The van der Waals surface area contributed by atoms with Crippen LogP contribution in [0.2, 0.25) is 0 Å². The van der Waals surface area contributed by atoms with Crippen LogP contribution in [0.4, 0.5) is 16.2 Å². The summed E-state index contributed by atoms with van der Waals surface area (Å²) >= 11 is 0. The molecule has 2 aromatic carbocycles. The molecule has 1 aromatic heterocycles. The highest BCUT2D eigenvalue weighted by atomic mass is 16.2. The zero-order valence-corrected chi connectivity index (χ0v) is 16.5. The number of hydrogen-bond donors (Lipinski definition) is 2. The molecule has 5 nitrogen and oxygen atoms in total. The molecule has 28 heavy (non-hydrogen) atoms. The Labute approximate surface area is 166 Å². The van der Waals surface area contributed by atoms with Crippen LogP contribution in [0.1, 0.15) is 22.9 Å². The molecule has 144 valence electrons. The standard InChI is InChI=1S/C23H26N4O/c1-17-7-9-18(10-8-17)16-22(21-6-4-5-15-24-21)26-23(28)25-19-11-13-20(14-12-19)27(2)3/h4-15,22H,16H2,1-3H3,(H2,25,26,28). The van der Waals surface area contributed by atoms with Crippen LogP contribution in [0.3, 0.4) is 0 Å². The van der Waals surface area contributed by atoms with Crippen molar-refractivity contribution in [3.05, 3.63) is 89.7 Å². The largest absolute Gasteiger partial charge is 0.378 e. The lowest BCUT2D eigenvalue weighted by Gasteiger charge is -2.19. The van der Waals surface area contributed by atoms with Gasteiger partial charge in [0.05, 0.1) is 11.7 Å². The predicted molar refractivity (Wildman–Crippen MR) is 115 cm³/mol. The summed E-state index contributed by atoms with van der Waals surface area (Å²) < 4.78 is 0. The summed E-state index contributed by atoms with van der Waals surface area (Å²) in [6.07, 6.45) is 2.42. The highest BCUT2D eigenvalue weighted by Gasteiger charge is 2.16. The van der Waals surface area contributed by atoms with E-state index in [1.807, 2.05) is 61.5 Å². The molecule has 3 rings (SSSR count). The topological polar surface area (TPSA) is 57.3 Å². The van der Waals surface area contributed by atoms with Gasteiger partial charge in [0.1, 0.15) is 0 Å². The SMILES string of the molecule is Cc1ccc(CC(NC(=O)Nc2ccc(N(C)C)cc2)c2ccccn2)cc1. The number of benzene rings is 2. The Balaban J connectivity index is 1.71. The van der Waals surface area contributed by atoms with E-state index in [2.05, 4.69) is 46.8 Å². The third-order valence-electron chi connectivity index (χ3n) is 4.55. The number of hydrogen-bond acceptors (Lipinski definition) is 3. The van der Waals surface area contributed by atoms with E-state index >= 15 is 0 Å². The molecule has 2 amide bonds. The molecule has 1 unspecified atom stereocenters. The number of aryl methyl sites for hydroxylation is 1. The number of anilines is 2. The Hall–Kier alpha value is -3.34. The van der Waals surface area contributed by atoms with Crippen molar-refractivity contribution in [1.82, 2.24) is 10.3 Å². The second-order valence-corrected chi connectivity index (χ2v) is 7.04. The van der Waals surface area contributed by atoms with Gasteiger partial charge in [-0.05, 0) is 55.3 Å². The van der Waals surface area contributed by atoms with Gasteiger partial charge in [0.2, 0.25) is 0 Å². The minimum absolute atomic E-state index is 0.218. The fourth-order valence-corrected chi connectivity index (χ4v) is 2.94. The minimum atomic E-state index is -0.250. The number of urea groups is 1. The van der Waals surface area contributed by atoms with Crippen LogP contribution in [-0.4, -0.2) is 25.1 Å². The van der Waals surface area contributed by atoms with Crippen LogP contribution in [0.25, 0.3) is 0 Å². The maximum atomic E-state index is 12.6. The van der Waals surface area contributed by atoms with Crippen molar-refractivity contribution in [2.45, 2.75) is 19.4 Å². The maximum absolute atomic E-state index is 12.6. The van der Waals surface area contributed by atoms with Crippen LogP contribution < -0.4 is 15.5 Å². The average Bonchev–Trinajstić information content (AvgIpc) is 2.70. The van der Waals surface area contributed by atoms with Gasteiger partial charge in [-0.15, -0.1) is 0 Å². The maximum Gasteiger partial charge on any atom is 0.319 e. The summed E-state index contributed by atoms with van der Waals surface area (Å²) in [7, 11) is 3.97. The second kappa shape index (κ2) is 9.04. The van der Waals surface area contributed by atoms with Crippen LogP contribution in [0.15, 0.2) is 72.9 Å². The summed E-state index contributed by atoms with van der Waals surface area (Å²) in [6.45, 7) is 2.06. The number of aromatic nitrogens is 1. The zero-order valence-electron chi connectivity index (χ0n) is 16.5. The first-order chi connectivity index (χ1) is 13.5. The second-order valence-electron chi connectivity index (χ2n) is 7.04. The zero-order chi connectivity index (χ0) is 19.9. The summed E-state index contributed by atoms with van der Waals surface area (Å²) in [5.41, 5.74) is 5.03. The third-order valence-corrected chi connectivity index (χ3v) is 4.55. The fourth-order valence-electron chi connectivity index (χ4n) is 2.94. The van der Waals surface area contributed by atoms with E-state index in [0.717, 1.165) is 22.6 Å². The molecule has 0 aliphatic carbocycles. The first kappa shape index (κ1) is 19.4. The fraction of sp³-hybridized carbons (Fsp3) is 0.217. The molecule has 1 atom stereocenters. The van der Waals surface area contributed by atoms with Crippen molar-refractivity contribution >= 4 is 17.4 Å². The molecule has 0 aliphatic heterocycles. The molecule has 1 heterocycles. The van der Waals surface area contributed by atoms with Crippen molar-refractivity contribution in [2.75, 3.05) is 24.3 Å². The summed E-state index contributed by atoms with van der Waals surface area (Å²) in [4.78, 5) is 19.1. The lowest BCUT2D eigenvalue weighted by Crippen LogP contribution is -2.34. The van der Waals surface area contributed by atoms with Gasteiger partial charge in [-0.2, -0.15) is 0 Å². The van der Waals surface area contributed by atoms with E-state index < -0.39 is 0 Å². The van der Waals surface area contributed by atoms with E-state index in [0.29, 0.717) is 6.42 Å². The molecule has 0 saturated carbocycles. The number of pyridine rings is 1. The lowest BCUT2D eigenvalue weighted by molar-refractivity contribution is 0.248. The average molecular weight is 374 g/mol. The Morgan fingerprint density at radius 3 is 2.32 bits per heavy atom. The van der Waals surface area contributed by atoms with Gasteiger partial charge in [-0.3, -0.25) is 4.98 Å². The molecule has 0 radical (unpaired) electrons. The molecule has 0 aliphatic rings. The number of rotatable bonds is 6. The van der Waals surface area contributed by atoms with Crippen LogP contribution in [0.5, 0.6) is 0 Å². The molecular formula is C23H26N4O. The molecule has 5 heteroatoms. The first-order valence-electron chi connectivity index (χ1n) is 9.32. The van der Waals surface area contributed by atoms with Gasteiger partial charge in [0.25, 0.3) is 0 Å². The number of nitrogens with one attached hydrogen (secondary N) is 2. The number of nitrogens with zero attached hydrogens (tertiary/aromatic N) is 2. The van der Waals surface area contributed by atoms with Gasteiger partial charge >= 0.3 is 6.03 Å². The molecule has 0 bridgehead atoms. The van der Waals surface area contributed by atoms with Gasteiger partial charge in [-0.25, -0.2) is 4.79 Å². The van der Waals surface area contributed by atoms with E-state index in [1.165, 1.54) is 5.56 Å². The Morgan fingerprint density at radius 1 is 1.00 bits per heavy atom. The van der Waals surface area contributed by atoms with E-state index in [1.54, 1.807) is 6.20 Å². The van der Waals surface area contributed by atoms with E-state index in [9.17, 15) is 4.79 Å². The van der Waals surface area contributed by atoms with E-state index in [4.69, 9.17) is 0 Å².